The highest BCUT2D eigenvalue weighted by Crippen LogP contribution is 2.33. The molecule has 1 aromatic rings. The Morgan fingerprint density at radius 3 is 2.42 bits per heavy atom. The van der Waals surface area contributed by atoms with E-state index in [1.807, 2.05) is 25.1 Å². The van der Waals surface area contributed by atoms with Crippen LogP contribution in [0.4, 0.5) is 0 Å². The third kappa shape index (κ3) is 3.18. The number of rotatable bonds is 5. The highest BCUT2D eigenvalue weighted by atomic mass is 16.7. The van der Waals surface area contributed by atoms with E-state index in [1.165, 1.54) is 0 Å². The van der Waals surface area contributed by atoms with Crippen LogP contribution in [0.15, 0.2) is 18.2 Å². The summed E-state index contributed by atoms with van der Waals surface area (Å²) in [4.78, 5) is 0. The lowest BCUT2D eigenvalue weighted by atomic mass is 10.00. The molecule has 2 N–H and O–H groups in total. The molecule has 1 atom stereocenters. The van der Waals surface area contributed by atoms with E-state index in [-0.39, 0.29) is 6.04 Å². The first-order valence-corrected chi connectivity index (χ1v) is 6.33. The van der Waals surface area contributed by atoms with Gasteiger partial charge in [-0.25, -0.2) is 0 Å². The van der Waals surface area contributed by atoms with E-state index in [9.17, 15) is 0 Å². The highest BCUT2D eigenvalue weighted by Gasteiger charge is 2.33. The smallest absolute Gasteiger partial charge is 0.167 e. The van der Waals surface area contributed by atoms with Gasteiger partial charge in [-0.2, -0.15) is 0 Å². The fourth-order valence-corrected chi connectivity index (χ4v) is 2.28. The third-order valence-corrected chi connectivity index (χ3v) is 3.32. The van der Waals surface area contributed by atoms with Gasteiger partial charge >= 0.3 is 0 Å². The summed E-state index contributed by atoms with van der Waals surface area (Å²) in [5.74, 6) is 0.777. The van der Waals surface area contributed by atoms with Crippen molar-refractivity contribution in [3.05, 3.63) is 23.8 Å². The minimum absolute atomic E-state index is 0.178. The van der Waals surface area contributed by atoms with E-state index >= 15 is 0 Å². The maximum absolute atomic E-state index is 6.22. The summed E-state index contributed by atoms with van der Waals surface area (Å²) in [5, 5.41) is 0. The molecule has 1 heterocycles. The molecule has 1 saturated heterocycles. The minimum atomic E-state index is -0.591. The number of hydrogen-bond acceptors (Lipinski definition) is 5. The van der Waals surface area contributed by atoms with Gasteiger partial charge in [0.25, 0.3) is 0 Å². The van der Waals surface area contributed by atoms with Crippen LogP contribution in [-0.2, 0) is 9.47 Å². The molecule has 1 aliphatic rings. The van der Waals surface area contributed by atoms with Crippen LogP contribution in [0.2, 0.25) is 0 Å². The first kappa shape index (κ1) is 14.1. The Morgan fingerprint density at radius 1 is 1.21 bits per heavy atom. The molecule has 0 spiro atoms. The molecular weight excluding hydrogens is 246 g/mol. The minimum Gasteiger partial charge on any atom is -0.493 e. The summed E-state index contributed by atoms with van der Waals surface area (Å²) in [5.41, 5.74) is 7.19. The Hall–Kier alpha value is -1.30. The molecule has 0 radical (unpaired) electrons. The average Bonchev–Trinajstić information content (AvgIpc) is 2.84. The van der Waals surface area contributed by atoms with Gasteiger partial charge in [-0.3, -0.25) is 0 Å². The van der Waals surface area contributed by atoms with Crippen LogP contribution < -0.4 is 15.2 Å². The second kappa shape index (κ2) is 5.77. The maximum Gasteiger partial charge on any atom is 0.167 e. The van der Waals surface area contributed by atoms with Crippen LogP contribution in [0.3, 0.4) is 0 Å². The predicted octanol–water partition coefficient (Wildman–Crippen LogP) is 1.86. The third-order valence-electron chi connectivity index (χ3n) is 3.32. The molecule has 2 rings (SSSR count). The van der Waals surface area contributed by atoms with Crippen LogP contribution in [0, 0.1) is 0 Å². The Morgan fingerprint density at radius 2 is 1.84 bits per heavy atom. The molecule has 19 heavy (non-hydrogen) atoms. The van der Waals surface area contributed by atoms with E-state index in [0.29, 0.717) is 31.1 Å². The first-order valence-electron chi connectivity index (χ1n) is 6.33. The summed E-state index contributed by atoms with van der Waals surface area (Å²) in [6.45, 7) is 3.16. The molecule has 5 nitrogen and oxygen atoms in total. The maximum atomic E-state index is 6.22. The van der Waals surface area contributed by atoms with Gasteiger partial charge in [-0.1, -0.05) is 6.07 Å². The molecule has 0 bridgehead atoms. The topological polar surface area (TPSA) is 62.9 Å². The van der Waals surface area contributed by atoms with Gasteiger partial charge < -0.3 is 24.7 Å². The summed E-state index contributed by atoms with van der Waals surface area (Å²) in [6.07, 6.45) is 0.600. The second-order valence-corrected chi connectivity index (χ2v) is 4.76. The summed E-state index contributed by atoms with van der Waals surface area (Å²) >= 11 is 0. The molecular formula is C14H21NO4. The van der Waals surface area contributed by atoms with Crippen LogP contribution in [0.1, 0.15) is 24.9 Å². The van der Waals surface area contributed by atoms with Gasteiger partial charge in [-0.15, -0.1) is 0 Å². The van der Waals surface area contributed by atoms with Gasteiger partial charge in [0.1, 0.15) is 0 Å². The lowest BCUT2D eigenvalue weighted by Crippen LogP contribution is -2.31. The molecule has 1 aliphatic heterocycles. The number of benzene rings is 1. The second-order valence-electron chi connectivity index (χ2n) is 4.76. The van der Waals surface area contributed by atoms with Crippen molar-refractivity contribution in [2.24, 2.45) is 5.73 Å². The van der Waals surface area contributed by atoms with Crippen LogP contribution in [0.5, 0.6) is 11.5 Å². The summed E-state index contributed by atoms with van der Waals surface area (Å²) in [6, 6.07) is 5.50. The molecule has 1 unspecified atom stereocenters. The van der Waals surface area contributed by atoms with E-state index in [0.717, 1.165) is 5.56 Å². The van der Waals surface area contributed by atoms with Crippen molar-refractivity contribution in [3.63, 3.8) is 0 Å². The van der Waals surface area contributed by atoms with Crippen molar-refractivity contribution in [3.8, 4) is 11.5 Å². The summed E-state index contributed by atoms with van der Waals surface area (Å²) in [7, 11) is 3.22. The lowest BCUT2D eigenvalue weighted by molar-refractivity contribution is -0.150. The zero-order chi connectivity index (χ0) is 13.9. The number of hydrogen-bond donors (Lipinski definition) is 1. The van der Waals surface area contributed by atoms with E-state index in [2.05, 4.69) is 0 Å². The molecule has 0 aliphatic carbocycles. The van der Waals surface area contributed by atoms with Gasteiger partial charge in [0.2, 0.25) is 0 Å². The Labute approximate surface area is 113 Å². The lowest BCUT2D eigenvalue weighted by Gasteiger charge is -2.26. The molecule has 5 heteroatoms. The fraction of sp³-hybridized carbons (Fsp3) is 0.571. The SMILES string of the molecule is COc1ccc(C(N)CC2(C)OCCO2)cc1OC. The van der Waals surface area contributed by atoms with Crippen LogP contribution >= 0.6 is 0 Å². The van der Waals surface area contributed by atoms with E-state index in [1.54, 1.807) is 14.2 Å². The van der Waals surface area contributed by atoms with Crippen molar-refractivity contribution in [2.75, 3.05) is 27.4 Å². The van der Waals surface area contributed by atoms with Crippen molar-refractivity contribution in [1.82, 2.24) is 0 Å². The zero-order valence-corrected chi connectivity index (χ0v) is 11.6. The van der Waals surface area contributed by atoms with Crippen molar-refractivity contribution >= 4 is 0 Å². The van der Waals surface area contributed by atoms with Crippen LogP contribution in [-0.4, -0.2) is 33.2 Å². The van der Waals surface area contributed by atoms with Crippen LogP contribution in [0.25, 0.3) is 0 Å². The average molecular weight is 267 g/mol. The normalized spacial score (nSPS) is 19.2. The first-order chi connectivity index (χ1) is 9.08. The van der Waals surface area contributed by atoms with E-state index in [4.69, 9.17) is 24.7 Å². The van der Waals surface area contributed by atoms with Crippen molar-refractivity contribution in [2.45, 2.75) is 25.2 Å². The number of ether oxygens (including phenoxy) is 4. The Kier molecular flexibility index (Phi) is 4.29. The van der Waals surface area contributed by atoms with Gasteiger partial charge in [0.05, 0.1) is 27.4 Å². The quantitative estimate of drug-likeness (QED) is 0.882. The Balaban J connectivity index is 2.12. The van der Waals surface area contributed by atoms with Crippen molar-refractivity contribution < 1.29 is 18.9 Å². The standard InChI is InChI=1S/C14H21NO4/c1-14(18-6-7-19-14)9-11(15)10-4-5-12(16-2)13(8-10)17-3/h4-5,8,11H,6-7,9,15H2,1-3H3. The number of nitrogens with two attached hydrogens (primary N) is 1. The molecule has 0 saturated carbocycles. The molecule has 0 aromatic heterocycles. The zero-order valence-electron chi connectivity index (χ0n) is 11.6. The molecule has 0 amide bonds. The monoisotopic (exact) mass is 267 g/mol. The highest BCUT2D eigenvalue weighted by molar-refractivity contribution is 5.43. The summed E-state index contributed by atoms with van der Waals surface area (Å²) < 4.78 is 21.6. The largest absolute Gasteiger partial charge is 0.493 e. The van der Waals surface area contributed by atoms with Gasteiger partial charge in [0.15, 0.2) is 17.3 Å². The Bertz CT molecular complexity index is 429. The molecule has 106 valence electrons. The predicted molar refractivity (Wildman–Crippen MR) is 71.4 cm³/mol. The van der Waals surface area contributed by atoms with Crippen molar-refractivity contribution in [1.29, 1.82) is 0 Å². The molecule has 1 fully saturated rings. The van der Waals surface area contributed by atoms with Gasteiger partial charge in [0, 0.05) is 12.5 Å². The fourth-order valence-electron chi connectivity index (χ4n) is 2.28. The van der Waals surface area contributed by atoms with E-state index < -0.39 is 5.79 Å². The number of methoxy groups -OCH3 is 2. The molecule has 1 aromatic carbocycles. The van der Waals surface area contributed by atoms with Gasteiger partial charge in [-0.05, 0) is 24.6 Å².